The number of benzene rings is 2. The lowest BCUT2D eigenvalue weighted by Gasteiger charge is -2.37. The van der Waals surface area contributed by atoms with E-state index in [2.05, 4.69) is 15.5 Å². The van der Waals surface area contributed by atoms with E-state index in [4.69, 9.17) is 9.15 Å². The minimum Gasteiger partial charge on any atom is -0.489 e. The van der Waals surface area contributed by atoms with E-state index in [0.717, 1.165) is 27.1 Å². The topological polar surface area (TPSA) is 80.5 Å². The molecule has 1 aliphatic rings. The van der Waals surface area contributed by atoms with E-state index in [-0.39, 0.29) is 17.7 Å². The van der Waals surface area contributed by atoms with E-state index in [9.17, 15) is 4.79 Å². The second-order valence-electron chi connectivity index (χ2n) is 7.06. The van der Waals surface area contributed by atoms with Crippen molar-refractivity contribution in [2.24, 2.45) is 0 Å². The molecule has 1 atom stereocenters. The number of aromatic nitrogens is 2. The zero-order valence-corrected chi connectivity index (χ0v) is 18.6. The Morgan fingerprint density at radius 2 is 1.94 bits per heavy atom. The van der Waals surface area contributed by atoms with Crippen molar-refractivity contribution < 1.29 is 13.9 Å². The third kappa shape index (κ3) is 4.49. The second kappa shape index (κ2) is 9.46. The molecule has 9 heteroatoms. The number of amides is 1. The molecule has 0 aliphatic carbocycles. The van der Waals surface area contributed by atoms with Crippen LogP contribution in [0.15, 0.2) is 81.8 Å². The van der Waals surface area contributed by atoms with Crippen LogP contribution < -0.4 is 15.0 Å². The third-order valence-electron chi connectivity index (χ3n) is 5.01. The summed E-state index contributed by atoms with van der Waals surface area (Å²) >= 11 is 2.81. The van der Waals surface area contributed by atoms with E-state index in [1.807, 2.05) is 71.6 Å². The molecule has 1 N–H and O–H groups in total. The molecule has 3 heterocycles. The number of hydrogen-bond donors (Lipinski definition) is 1. The van der Waals surface area contributed by atoms with Crippen molar-refractivity contribution in [2.45, 2.75) is 16.9 Å². The number of ether oxygens (including phenoxy) is 1. The highest BCUT2D eigenvalue weighted by Crippen LogP contribution is 2.40. The van der Waals surface area contributed by atoms with Crippen LogP contribution in [0.25, 0.3) is 0 Å². The Morgan fingerprint density at radius 3 is 2.78 bits per heavy atom. The highest BCUT2D eigenvalue weighted by molar-refractivity contribution is 8.01. The second-order valence-corrected chi connectivity index (χ2v) is 9.26. The molecule has 0 fully saturated rings. The van der Waals surface area contributed by atoms with Crippen molar-refractivity contribution in [2.75, 3.05) is 22.6 Å². The molecule has 0 saturated carbocycles. The first-order chi connectivity index (χ1) is 15.8. The Morgan fingerprint density at radius 1 is 1.09 bits per heavy atom. The molecule has 2 aromatic carbocycles. The van der Waals surface area contributed by atoms with Gasteiger partial charge in [0.2, 0.25) is 11.0 Å². The van der Waals surface area contributed by atoms with Crippen LogP contribution in [0.5, 0.6) is 5.75 Å². The van der Waals surface area contributed by atoms with Gasteiger partial charge in [-0.1, -0.05) is 65.6 Å². The summed E-state index contributed by atoms with van der Waals surface area (Å²) in [4.78, 5) is 15.2. The van der Waals surface area contributed by atoms with Gasteiger partial charge >= 0.3 is 0 Å². The summed E-state index contributed by atoms with van der Waals surface area (Å²) in [6.45, 7) is 0.950. The molecule has 162 valence electrons. The number of anilines is 2. The van der Waals surface area contributed by atoms with Gasteiger partial charge in [0.05, 0.1) is 30.3 Å². The quantitative estimate of drug-likeness (QED) is 0.385. The number of hydrogen-bond acceptors (Lipinski definition) is 8. The van der Waals surface area contributed by atoms with Gasteiger partial charge in [0.15, 0.2) is 4.34 Å². The highest BCUT2D eigenvalue weighted by atomic mass is 32.2. The van der Waals surface area contributed by atoms with Crippen molar-refractivity contribution in [1.82, 2.24) is 10.2 Å². The van der Waals surface area contributed by atoms with Crippen LogP contribution >= 0.6 is 23.1 Å². The zero-order valence-electron chi connectivity index (χ0n) is 17.0. The monoisotopic (exact) mass is 464 g/mol. The first-order valence-electron chi connectivity index (χ1n) is 10.1. The highest BCUT2D eigenvalue weighted by Gasteiger charge is 2.33. The molecule has 5 rings (SSSR count). The van der Waals surface area contributed by atoms with Gasteiger partial charge in [-0.15, -0.1) is 10.2 Å². The molecule has 7 nitrogen and oxygen atoms in total. The van der Waals surface area contributed by atoms with Crippen molar-refractivity contribution in [3.8, 4) is 5.75 Å². The molecule has 4 aromatic rings. The molecule has 1 aliphatic heterocycles. The summed E-state index contributed by atoms with van der Waals surface area (Å²) in [6, 6.07) is 21.2. The number of carbonyl (C=O) groups is 1. The normalized spacial score (nSPS) is 15.1. The number of furan rings is 1. The lowest BCUT2D eigenvalue weighted by molar-refractivity contribution is -0.117. The molecule has 32 heavy (non-hydrogen) atoms. The van der Waals surface area contributed by atoms with Crippen LogP contribution in [-0.2, 0) is 11.3 Å². The van der Waals surface area contributed by atoms with Crippen molar-refractivity contribution in [3.63, 3.8) is 0 Å². The number of carbonyl (C=O) groups excluding carboxylic acids is 1. The van der Waals surface area contributed by atoms with Gasteiger partial charge in [0.1, 0.15) is 18.1 Å². The van der Waals surface area contributed by atoms with Crippen LogP contribution in [0, 0.1) is 0 Å². The Balaban J connectivity index is 1.29. The first-order valence-corrected chi connectivity index (χ1v) is 11.9. The van der Waals surface area contributed by atoms with E-state index in [1.165, 1.54) is 23.1 Å². The molecule has 0 radical (unpaired) electrons. The minimum atomic E-state index is -0.181. The summed E-state index contributed by atoms with van der Waals surface area (Å²) in [5.74, 6) is 1.80. The van der Waals surface area contributed by atoms with Gasteiger partial charge in [-0.05, 0) is 29.8 Å². The Hall–Kier alpha value is -3.30. The van der Waals surface area contributed by atoms with Crippen molar-refractivity contribution >= 4 is 39.8 Å². The lowest BCUT2D eigenvalue weighted by Crippen LogP contribution is -2.42. The molecular formula is C23H20N4O3S2. The maximum Gasteiger partial charge on any atom is 0.238 e. The summed E-state index contributed by atoms with van der Waals surface area (Å²) in [5.41, 5.74) is 1.83. The Bertz CT molecular complexity index is 1180. The fourth-order valence-electron chi connectivity index (χ4n) is 3.53. The molecule has 1 amide bonds. The molecular weight excluding hydrogens is 444 g/mol. The maximum atomic E-state index is 13.4. The molecule has 2 aromatic heterocycles. The Labute approximate surface area is 193 Å². The molecule has 0 bridgehead atoms. The SMILES string of the molecule is O=C(CSc1nnc(NCc2ccco2)s1)N1c2ccccc2OC[C@H]1c1ccccc1. The van der Waals surface area contributed by atoms with E-state index in [0.29, 0.717) is 18.3 Å². The van der Waals surface area contributed by atoms with Gasteiger partial charge in [0.25, 0.3) is 0 Å². The van der Waals surface area contributed by atoms with Crippen LogP contribution in [0.2, 0.25) is 0 Å². The third-order valence-corrected chi connectivity index (χ3v) is 7.00. The van der Waals surface area contributed by atoms with E-state index in [1.54, 1.807) is 6.26 Å². The average molecular weight is 465 g/mol. The summed E-state index contributed by atoms with van der Waals surface area (Å²) in [6.07, 6.45) is 1.64. The fraction of sp³-hybridized carbons (Fsp3) is 0.174. The number of nitrogens with one attached hydrogen (secondary N) is 1. The zero-order chi connectivity index (χ0) is 21.8. The largest absolute Gasteiger partial charge is 0.489 e. The number of rotatable bonds is 7. The standard InChI is InChI=1S/C23H20N4O3S2/c28-21(15-31-23-26-25-22(32-23)24-13-17-9-6-12-29-17)27-18-10-4-5-11-20(18)30-14-19(27)16-7-2-1-3-8-16/h1-12,19H,13-15H2,(H,24,25)/t19-/m0/s1. The smallest absolute Gasteiger partial charge is 0.238 e. The van der Waals surface area contributed by atoms with Crippen LogP contribution in [0.3, 0.4) is 0 Å². The predicted molar refractivity (Wildman–Crippen MR) is 125 cm³/mol. The summed E-state index contributed by atoms with van der Waals surface area (Å²) in [5, 5.41) is 12.2. The van der Waals surface area contributed by atoms with Gasteiger partial charge in [0, 0.05) is 0 Å². The van der Waals surface area contributed by atoms with Crippen LogP contribution in [-0.4, -0.2) is 28.5 Å². The average Bonchev–Trinajstić information content (AvgIpc) is 3.53. The molecule has 0 spiro atoms. The first kappa shape index (κ1) is 20.6. The van der Waals surface area contributed by atoms with E-state index < -0.39 is 0 Å². The lowest BCUT2D eigenvalue weighted by atomic mass is 10.0. The van der Waals surface area contributed by atoms with Gasteiger partial charge in [-0.25, -0.2) is 0 Å². The van der Waals surface area contributed by atoms with Crippen molar-refractivity contribution in [3.05, 3.63) is 84.3 Å². The van der Waals surface area contributed by atoms with E-state index >= 15 is 0 Å². The number of nitrogens with zero attached hydrogens (tertiary/aromatic N) is 3. The number of thioether (sulfide) groups is 1. The predicted octanol–water partition coefficient (Wildman–Crippen LogP) is 5.00. The van der Waals surface area contributed by atoms with Gasteiger partial charge < -0.3 is 14.5 Å². The van der Waals surface area contributed by atoms with Crippen LogP contribution in [0.4, 0.5) is 10.8 Å². The number of para-hydroxylation sites is 2. The minimum absolute atomic E-state index is 0.0000946. The van der Waals surface area contributed by atoms with Crippen LogP contribution in [0.1, 0.15) is 17.4 Å². The summed E-state index contributed by atoms with van der Waals surface area (Å²) in [7, 11) is 0. The summed E-state index contributed by atoms with van der Waals surface area (Å²) < 4.78 is 12.0. The molecule has 0 saturated heterocycles. The maximum absolute atomic E-state index is 13.4. The fourth-order valence-corrected chi connectivity index (χ4v) is 5.13. The molecule has 0 unspecified atom stereocenters. The van der Waals surface area contributed by atoms with Gasteiger partial charge in [-0.3, -0.25) is 9.69 Å². The Kier molecular flexibility index (Phi) is 6.09. The number of fused-ring (bicyclic) bond motifs is 1. The van der Waals surface area contributed by atoms with Gasteiger partial charge in [-0.2, -0.15) is 0 Å². The van der Waals surface area contributed by atoms with Crippen molar-refractivity contribution in [1.29, 1.82) is 0 Å².